The first-order valence-corrected chi connectivity index (χ1v) is 7.35. The van der Waals surface area contributed by atoms with E-state index < -0.39 is 0 Å². The number of rotatable bonds is 5. The molecule has 1 aliphatic rings. The van der Waals surface area contributed by atoms with E-state index in [0.29, 0.717) is 11.8 Å². The molecule has 0 amide bonds. The van der Waals surface area contributed by atoms with E-state index in [2.05, 4.69) is 26.1 Å². The standard InChI is InChI=1S/C15H21Cl2N/c1-10(2)8-18-9-11-7-15(11,3)13-6-12(16)4-5-14(13)17/h4-6,10-11,18H,7-9H2,1-3H3. The molecule has 0 aliphatic heterocycles. The van der Waals surface area contributed by atoms with E-state index in [1.807, 2.05) is 18.2 Å². The van der Waals surface area contributed by atoms with Crippen LogP contribution in [0.25, 0.3) is 0 Å². The second-order valence-corrected chi connectivity index (χ2v) is 6.84. The lowest BCUT2D eigenvalue weighted by Gasteiger charge is -2.15. The normalized spacial score (nSPS) is 26.7. The molecule has 1 aliphatic carbocycles. The molecular weight excluding hydrogens is 265 g/mol. The Morgan fingerprint density at radius 3 is 2.78 bits per heavy atom. The molecule has 18 heavy (non-hydrogen) atoms. The van der Waals surface area contributed by atoms with Gasteiger partial charge >= 0.3 is 0 Å². The fourth-order valence-electron chi connectivity index (χ4n) is 2.56. The highest BCUT2D eigenvalue weighted by atomic mass is 35.5. The second kappa shape index (κ2) is 5.40. The smallest absolute Gasteiger partial charge is 0.0444 e. The van der Waals surface area contributed by atoms with Crippen molar-refractivity contribution in [3.05, 3.63) is 33.8 Å². The van der Waals surface area contributed by atoms with Crippen molar-refractivity contribution in [3.8, 4) is 0 Å². The summed E-state index contributed by atoms with van der Waals surface area (Å²) in [7, 11) is 0. The molecule has 0 bridgehead atoms. The number of benzene rings is 1. The molecule has 1 aromatic rings. The van der Waals surface area contributed by atoms with Gasteiger partial charge in [0.1, 0.15) is 0 Å². The van der Waals surface area contributed by atoms with Crippen molar-refractivity contribution in [1.82, 2.24) is 5.32 Å². The van der Waals surface area contributed by atoms with E-state index in [0.717, 1.165) is 23.1 Å². The molecule has 0 radical (unpaired) electrons. The first-order valence-electron chi connectivity index (χ1n) is 6.59. The van der Waals surface area contributed by atoms with Crippen LogP contribution in [0.3, 0.4) is 0 Å². The van der Waals surface area contributed by atoms with Gasteiger partial charge in [-0.2, -0.15) is 0 Å². The van der Waals surface area contributed by atoms with Gasteiger partial charge in [0.15, 0.2) is 0 Å². The topological polar surface area (TPSA) is 12.0 Å². The molecule has 2 rings (SSSR count). The van der Waals surface area contributed by atoms with Crippen molar-refractivity contribution in [1.29, 1.82) is 0 Å². The molecule has 2 unspecified atom stereocenters. The summed E-state index contributed by atoms with van der Waals surface area (Å²) in [6, 6.07) is 5.78. The zero-order valence-corrected chi connectivity index (χ0v) is 12.8. The zero-order valence-electron chi connectivity index (χ0n) is 11.3. The number of hydrogen-bond acceptors (Lipinski definition) is 1. The first kappa shape index (κ1) is 14.2. The number of hydrogen-bond donors (Lipinski definition) is 1. The van der Waals surface area contributed by atoms with Gasteiger partial charge in [-0.15, -0.1) is 0 Å². The van der Waals surface area contributed by atoms with Crippen LogP contribution in [-0.2, 0) is 5.41 Å². The van der Waals surface area contributed by atoms with Gasteiger partial charge in [-0.1, -0.05) is 44.0 Å². The number of nitrogens with one attached hydrogen (secondary N) is 1. The van der Waals surface area contributed by atoms with Crippen molar-refractivity contribution in [2.45, 2.75) is 32.6 Å². The van der Waals surface area contributed by atoms with E-state index in [9.17, 15) is 0 Å². The predicted octanol–water partition coefficient (Wildman–Crippen LogP) is 4.52. The summed E-state index contributed by atoms with van der Waals surface area (Å²) in [6.07, 6.45) is 1.19. The molecule has 0 heterocycles. The van der Waals surface area contributed by atoms with Gasteiger partial charge in [-0.3, -0.25) is 0 Å². The van der Waals surface area contributed by atoms with E-state index in [-0.39, 0.29) is 5.41 Å². The van der Waals surface area contributed by atoms with Crippen LogP contribution >= 0.6 is 23.2 Å². The van der Waals surface area contributed by atoms with Gasteiger partial charge in [-0.05, 0) is 60.5 Å². The van der Waals surface area contributed by atoms with Gasteiger partial charge in [-0.25, -0.2) is 0 Å². The van der Waals surface area contributed by atoms with Crippen molar-refractivity contribution < 1.29 is 0 Å². The molecule has 1 fully saturated rings. The maximum Gasteiger partial charge on any atom is 0.0444 e. The Kier molecular flexibility index (Phi) is 4.25. The molecule has 1 N–H and O–H groups in total. The van der Waals surface area contributed by atoms with Crippen molar-refractivity contribution >= 4 is 23.2 Å². The lowest BCUT2D eigenvalue weighted by Crippen LogP contribution is -2.24. The molecule has 1 aromatic carbocycles. The summed E-state index contributed by atoms with van der Waals surface area (Å²) < 4.78 is 0. The van der Waals surface area contributed by atoms with Crippen LogP contribution < -0.4 is 5.32 Å². The zero-order chi connectivity index (χ0) is 13.3. The fraction of sp³-hybridized carbons (Fsp3) is 0.600. The Morgan fingerprint density at radius 2 is 2.11 bits per heavy atom. The highest BCUT2D eigenvalue weighted by Crippen LogP contribution is 2.55. The van der Waals surface area contributed by atoms with Gasteiger partial charge in [0.2, 0.25) is 0 Å². The quantitative estimate of drug-likeness (QED) is 0.839. The van der Waals surface area contributed by atoms with Crippen molar-refractivity contribution in [2.75, 3.05) is 13.1 Å². The lowest BCUT2D eigenvalue weighted by atomic mass is 9.95. The fourth-order valence-corrected chi connectivity index (χ4v) is 3.07. The third-order valence-electron chi connectivity index (χ3n) is 3.90. The summed E-state index contributed by atoms with van der Waals surface area (Å²) >= 11 is 12.4. The van der Waals surface area contributed by atoms with Gasteiger partial charge < -0.3 is 5.32 Å². The molecular formula is C15H21Cl2N. The van der Waals surface area contributed by atoms with E-state index in [4.69, 9.17) is 23.2 Å². The summed E-state index contributed by atoms with van der Waals surface area (Å²) in [6.45, 7) is 8.89. The summed E-state index contributed by atoms with van der Waals surface area (Å²) in [5, 5.41) is 5.15. The predicted molar refractivity (Wildman–Crippen MR) is 79.6 cm³/mol. The van der Waals surface area contributed by atoms with E-state index in [1.165, 1.54) is 12.0 Å². The second-order valence-electron chi connectivity index (χ2n) is 5.99. The summed E-state index contributed by atoms with van der Waals surface area (Å²) in [5.74, 6) is 1.37. The minimum absolute atomic E-state index is 0.200. The highest BCUT2D eigenvalue weighted by molar-refractivity contribution is 6.33. The number of halogens is 2. The van der Waals surface area contributed by atoms with Gasteiger partial charge in [0.05, 0.1) is 0 Å². The minimum atomic E-state index is 0.200. The third kappa shape index (κ3) is 3.01. The molecule has 1 nitrogen and oxygen atoms in total. The Morgan fingerprint density at radius 1 is 1.39 bits per heavy atom. The minimum Gasteiger partial charge on any atom is -0.316 e. The molecule has 100 valence electrons. The van der Waals surface area contributed by atoms with Crippen LogP contribution in [0.5, 0.6) is 0 Å². The Labute approximate surface area is 120 Å². The monoisotopic (exact) mass is 285 g/mol. The van der Waals surface area contributed by atoms with Crippen LogP contribution in [0.2, 0.25) is 10.0 Å². The molecule has 3 heteroatoms. The van der Waals surface area contributed by atoms with Crippen LogP contribution in [0.15, 0.2) is 18.2 Å². The van der Waals surface area contributed by atoms with Crippen LogP contribution in [0.4, 0.5) is 0 Å². The molecule has 0 spiro atoms. The third-order valence-corrected chi connectivity index (χ3v) is 4.46. The van der Waals surface area contributed by atoms with Crippen LogP contribution in [0.1, 0.15) is 32.8 Å². The molecule has 0 aromatic heterocycles. The Balaban J connectivity index is 2.00. The van der Waals surface area contributed by atoms with Crippen molar-refractivity contribution in [3.63, 3.8) is 0 Å². The largest absolute Gasteiger partial charge is 0.316 e. The molecule has 2 atom stereocenters. The average Bonchev–Trinajstić information content (AvgIpc) is 2.94. The van der Waals surface area contributed by atoms with Crippen molar-refractivity contribution in [2.24, 2.45) is 11.8 Å². The Bertz CT molecular complexity index is 431. The Hall–Kier alpha value is -0.240. The maximum atomic E-state index is 6.29. The average molecular weight is 286 g/mol. The first-order chi connectivity index (χ1) is 8.43. The highest BCUT2D eigenvalue weighted by Gasteiger charge is 2.51. The maximum absolute atomic E-state index is 6.29. The summed E-state index contributed by atoms with van der Waals surface area (Å²) in [4.78, 5) is 0. The molecule has 1 saturated carbocycles. The van der Waals surface area contributed by atoms with Crippen LogP contribution in [0, 0.1) is 11.8 Å². The lowest BCUT2D eigenvalue weighted by molar-refractivity contribution is 0.515. The van der Waals surface area contributed by atoms with Gasteiger partial charge in [0.25, 0.3) is 0 Å². The van der Waals surface area contributed by atoms with E-state index in [1.54, 1.807) is 0 Å². The van der Waals surface area contributed by atoms with E-state index >= 15 is 0 Å². The summed E-state index contributed by atoms with van der Waals surface area (Å²) in [5.41, 5.74) is 1.40. The van der Waals surface area contributed by atoms with Gasteiger partial charge in [0, 0.05) is 10.0 Å². The molecule has 0 saturated heterocycles. The SMILES string of the molecule is CC(C)CNCC1CC1(C)c1cc(Cl)ccc1Cl. The van der Waals surface area contributed by atoms with Crippen LogP contribution in [-0.4, -0.2) is 13.1 Å².